The predicted octanol–water partition coefficient (Wildman–Crippen LogP) is 3.02. The maximum atomic E-state index is 12.2. The van der Waals surface area contributed by atoms with Gasteiger partial charge in [0.2, 0.25) is 5.88 Å². The maximum absolute atomic E-state index is 12.2. The van der Waals surface area contributed by atoms with Crippen molar-refractivity contribution < 1.29 is 9.32 Å². The van der Waals surface area contributed by atoms with Gasteiger partial charge in [0.05, 0.1) is 5.69 Å². The first kappa shape index (κ1) is 14.1. The van der Waals surface area contributed by atoms with E-state index in [-0.39, 0.29) is 17.6 Å². The number of benzene rings is 1. The summed E-state index contributed by atoms with van der Waals surface area (Å²) in [7, 11) is 0. The monoisotopic (exact) mass is 315 g/mol. The van der Waals surface area contributed by atoms with Gasteiger partial charge >= 0.3 is 0 Å². The molecule has 2 heterocycles. The number of carbonyl (C=O) groups is 1. The minimum absolute atomic E-state index is 0.164. The molecule has 0 saturated carbocycles. The SMILES string of the molecule is Cc1cc(NC(=O)c2sc(Nc3ccccc3)nc2N)on1. The van der Waals surface area contributed by atoms with Gasteiger partial charge in [-0.05, 0) is 19.1 Å². The summed E-state index contributed by atoms with van der Waals surface area (Å²) in [6.45, 7) is 1.77. The van der Waals surface area contributed by atoms with E-state index >= 15 is 0 Å². The van der Waals surface area contributed by atoms with Crippen LogP contribution in [0.2, 0.25) is 0 Å². The number of rotatable bonds is 4. The molecule has 8 heteroatoms. The first-order chi connectivity index (χ1) is 10.6. The van der Waals surface area contributed by atoms with E-state index in [9.17, 15) is 4.79 Å². The van der Waals surface area contributed by atoms with E-state index in [1.165, 1.54) is 11.3 Å². The van der Waals surface area contributed by atoms with E-state index in [0.717, 1.165) is 5.69 Å². The average Bonchev–Trinajstić information content (AvgIpc) is 3.06. The summed E-state index contributed by atoms with van der Waals surface area (Å²) >= 11 is 1.17. The van der Waals surface area contributed by atoms with Crippen LogP contribution in [0.1, 0.15) is 15.4 Å². The van der Waals surface area contributed by atoms with Crippen LogP contribution in [-0.2, 0) is 0 Å². The van der Waals surface area contributed by atoms with Gasteiger partial charge in [-0.15, -0.1) is 0 Å². The lowest BCUT2D eigenvalue weighted by molar-refractivity contribution is 0.102. The first-order valence-corrected chi connectivity index (χ1v) is 7.26. The van der Waals surface area contributed by atoms with Crippen LogP contribution in [0.15, 0.2) is 40.9 Å². The molecule has 0 aliphatic heterocycles. The van der Waals surface area contributed by atoms with Crippen LogP contribution in [-0.4, -0.2) is 16.0 Å². The van der Waals surface area contributed by atoms with Gasteiger partial charge in [0, 0.05) is 11.8 Å². The lowest BCUT2D eigenvalue weighted by Gasteiger charge is -2.00. The number of anilines is 4. The number of amides is 1. The second kappa shape index (κ2) is 5.86. The Morgan fingerprint density at radius 3 is 2.77 bits per heavy atom. The summed E-state index contributed by atoms with van der Waals surface area (Å²) in [6.07, 6.45) is 0. The van der Waals surface area contributed by atoms with Crippen molar-refractivity contribution in [1.29, 1.82) is 0 Å². The molecule has 3 rings (SSSR count). The number of thiazole rings is 1. The fraction of sp³-hybridized carbons (Fsp3) is 0.0714. The van der Waals surface area contributed by atoms with Gasteiger partial charge < -0.3 is 15.6 Å². The van der Waals surface area contributed by atoms with Crippen LogP contribution in [0.3, 0.4) is 0 Å². The number of para-hydroxylation sites is 1. The van der Waals surface area contributed by atoms with Gasteiger partial charge in [0.25, 0.3) is 5.91 Å². The number of aryl methyl sites for hydroxylation is 1. The highest BCUT2D eigenvalue weighted by molar-refractivity contribution is 7.18. The number of nitrogens with two attached hydrogens (primary N) is 1. The van der Waals surface area contributed by atoms with Gasteiger partial charge in [0.1, 0.15) is 10.7 Å². The lowest BCUT2D eigenvalue weighted by Crippen LogP contribution is -2.11. The smallest absolute Gasteiger partial charge is 0.272 e. The molecule has 0 aliphatic carbocycles. The van der Waals surface area contributed by atoms with Crippen LogP contribution in [0.4, 0.5) is 22.5 Å². The molecular formula is C14H13N5O2S. The molecule has 1 amide bonds. The molecule has 112 valence electrons. The molecule has 0 spiro atoms. The van der Waals surface area contributed by atoms with Crippen molar-refractivity contribution in [3.8, 4) is 0 Å². The number of nitrogen functional groups attached to an aromatic ring is 1. The highest BCUT2D eigenvalue weighted by Crippen LogP contribution is 2.28. The zero-order valence-electron chi connectivity index (χ0n) is 11.7. The standard InChI is InChI=1S/C14H13N5O2S/c1-8-7-10(21-19-8)17-13(20)11-12(15)18-14(22-11)16-9-5-3-2-4-6-9/h2-7H,15H2,1H3,(H,16,18)(H,17,20). The number of aromatic nitrogens is 2. The van der Waals surface area contributed by atoms with Gasteiger partial charge in [-0.2, -0.15) is 0 Å². The molecule has 3 aromatic rings. The van der Waals surface area contributed by atoms with Crippen LogP contribution in [0.5, 0.6) is 0 Å². The van der Waals surface area contributed by atoms with Crippen LogP contribution < -0.4 is 16.4 Å². The summed E-state index contributed by atoms with van der Waals surface area (Å²) in [5.41, 5.74) is 7.36. The van der Waals surface area contributed by atoms with Crippen molar-refractivity contribution in [1.82, 2.24) is 10.1 Å². The Kier molecular flexibility index (Phi) is 3.75. The second-order valence-electron chi connectivity index (χ2n) is 4.51. The molecule has 0 atom stereocenters. The number of hydrogen-bond donors (Lipinski definition) is 3. The Balaban J connectivity index is 1.75. The quantitative estimate of drug-likeness (QED) is 0.683. The van der Waals surface area contributed by atoms with Crippen molar-refractivity contribution in [3.63, 3.8) is 0 Å². The maximum Gasteiger partial charge on any atom is 0.272 e. The van der Waals surface area contributed by atoms with E-state index < -0.39 is 0 Å². The average molecular weight is 315 g/mol. The molecule has 7 nitrogen and oxygen atoms in total. The Morgan fingerprint density at radius 1 is 1.32 bits per heavy atom. The highest BCUT2D eigenvalue weighted by atomic mass is 32.1. The summed E-state index contributed by atoms with van der Waals surface area (Å²) < 4.78 is 4.94. The van der Waals surface area contributed by atoms with E-state index in [1.54, 1.807) is 13.0 Å². The fourth-order valence-corrected chi connectivity index (χ4v) is 2.58. The summed E-state index contributed by atoms with van der Waals surface area (Å²) in [6, 6.07) is 11.1. The highest BCUT2D eigenvalue weighted by Gasteiger charge is 2.18. The van der Waals surface area contributed by atoms with Crippen LogP contribution in [0, 0.1) is 6.92 Å². The Morgan fingerprint density at radius 2 is 2.09 bits per heavy atom. The van der Waals surface area contributed by atoms with Crippen molar-refractivity contribution >= 4 is 39.8 Å². The number of nitrogens with one attached hydrogen (secondary N) is 2. The Bertz CT molecular complexity index is 797. The molecule has 0 saturated heterocycles. The third-order valence-corrected chi connectivity index (χ3v) is 3.73. The minimum atomic E-state index is -0.382. The molecule has 22 heavy (non-hydrogen) atoms. The van der Waals surface area contributed by atoms with Gasteiger partial charge in [-0.25, -0.2) is 4.98 Å². The molecule has 0 aliphatic rings. The van der Waals surface area contributed by atoms with Crippen LogP contribution >= 0.6 is 11.3 Å². The third kappa shape index (κ3) is 3.07. The summed E-state index contributed by atoms with van der Waals surface area (Å²) in [5, 5.41) is 9.94. The molecule has 1 aromatic carbocycles. The number of carbonyl (C=O) groups excluding carboxylic acids is 1. The number of hydrogen-bond acceptors (Lipinski definition) is 7. The van der Waals surface area contributed by atoms with Gasteiger partial charge in [0.15, 0.2) is 5.13 Å². The molecule has 4 N–H and O–H groups in total. The van der Waals surface area contributed by atoms with Crippen molar-refractivity contribution in [3.05, 3.63) is 47.0 Å². The van der Waals surface area contributed by atoms with Gasteiger partial charge in [-0.1, -0.05) is 34.7 Å². The first-order valence-electron chi connectivity index (χ1n) is 6.45. The van der Waals surface area contributed by atoms with Crippen molar-refractivity contribution in [2.45, 2.75) is 6.92 Å². The molecule has 0 fully saturated rings. The predicted molar refractivity (Wildman–Crippen MR) is 85.4 cm³/mol. The van der Waals surface area contributed by atoms with E-state index in [0.29, 0.717) is 15.7 Å². The zero-order chi connectivity index (χ0) is 15.5. The van der Waals surface area contributed by atoms with E-state index in [4.69, 9.17) is 10.3 Å². The molecule has 2 aromatic heterocycles. The van der Waals surface area contributed by atoms with E-state index in [2.05, 4.69) is 20.8 Å². The Labute approximate surface area is 130 Å². The van der Waals surface area contributed by atoms with Gasteiger partial charge in [-0.3, -0.25) is 10.1 Å². The van der Waals surface area contributed by atoms with Crippen LogP contribution in [0.25, 0.3) is 0 Å². The van der Waals surface area contributed by atoms with E-state index in [1.807, 2.05) is 30.3 Å². The fourth-order valence-electron chi connectivity index (χ4n) is 1.78. The topological polar surface area (TPSA) is 106 Å². The summed E-state index contributed by atoms with van der Waals surface area (Å²) in [5.74, 6) is 0.0531. The molecule has 0 unspecified atom stereocenters. The molecular weight excluding hydrogens is 302 g/mol. The summed E-state index contributed by atoms with van der Waals surface area (Å²) in [4.78, 5) is 16.6. The minimum Gasteiger partial charge on any atom is -0.382 e. The lowest BCUT2D eigenvalue weighted by atomic mass is 10.3. The molecule has 0 bridgehead atoms. The number of nitrogens with zero attached hydrogens (tertiary/aromatic N) is 2. The second-order valence-corrected chi connectivity index (χ2v) is 5.51. The zero-order valence-corrected chi connectivity index (χ0v) is 12.5. The normalized spacial score (nSPS) is 10.4. The van der Waals surface area contributed by atoms with Crippen molar-refractivity contribution in [2.24, 2.45) is 0 Å². The third-order valence-electron chi connectivity index (χ3n) is 2.75. The molecule has 0 radical (unpaired) electrons. The largest absolute Gasteiger partial charge is 0.382 e. The van der Waals surface area contributed by atoms with Crippen molar-refractivity contribution in [2.75, 3.05) is 16.4 Å². The Hall–Kier alpha value is -2.87.